The average molecular weight is 285 g/mol. The molecule has 1 aromatic heterocycles. The minimum Gasteiger partial charge on any atom is -0.480 e. The number of carbonyl (C=O) groups excluding carboxylic acids is 1. The highest BCUT2D eigenvalue weighted by Crippen LogP contribution is 2.11. The molecule has 0 unspecified atom stereocenters. The van der Waals surface area contributed by atoms with E-state index in [1.165, 1.54) is 6.07 Å². The number of carbonyl (C=O) groups is 2. The van der Waals surface area contributed by atoms with E-state index < -0.39 is 17.9 Å². The number of nitrogens with one attached hydrogen (secondary N) is 1. The first-order valence-corrected chi connectivity index (χ1v) is 6.49. The number of hydrogen-bond donors (Lipinski definition) is 2. The van der Waals surface area contributed by atoms with Crippen molar-refractivity contribution in [3.8, 4) is 0 Å². The van der Waals surface area contributed by atoms with E-state index in [0.29, 0.717) is 17.7 Å². The molecule has 0 saturated heterocycles. The number of unbranched alkanes of at least 4 members (excludes halogenated alkanes) is 1. The second-order valence-corrected chi connectivity index (χ2v) is 4.71. The number of nitrogens with zero attached hydrogens (tertiary/aromatic N) is 1. The van der Waals surface area contributed by atoms with Crippen molar-refractivity contribution in [1.82, 2.24) is 10.3 Å². The van der Waals surface area contributed by atoms with Crippen molar-refractivity contribution in [3.05, 3.63) is 28.5 Å². The van der Waals surface area contributed by atoms with E-state index in [9.17, 15) is 9.59 Å². The molecule has 1 rings (SSSR count). The molecule has 1 amide bonds. The van der Waals surface area contributed by atoms with Crippen LogP contribution in [0.4, 0.5) is 0 Å². The molecule has 19 heavy (non-hydrogen) atoms. The maximum atomic E-state index is 12.0. The van der Waals surface area contributed by atoms with Crippen molar-refractivity contribution >= 4 is 23.5 Å². The summed E-state index contributed by atoms with van der Waals surface area (Å²) in [4.78, 5) is 27.0. The zero-order valence-electron chi connectivity index (χ0n) is 10.9. The summed E-state index contributed by atoms with van der Waals surface area (Å²) in [6.45, 7) is 3.68. The molecule has 0 saturated carbocycles. The van der Waals surface area contributed by atoms with Gasteiger partial charge in [-0.2, -0.15) is 0 Å². The molecule has 104 valence electrons. The molecule has 0 fully saturated rings. The second kappa shape index (κ2) is 7.09. The standard InChI is InChI=1S/C13H17ClN2O3/c1-3-4-5-10(13(18)19)16-12(17)9-6-8(2)15-11(14)7-9/h6-7,10H,3-5H2,1-2H3,(H,16,17)(H,18,19)/t10-/m0/s1. The van der Waals surface area contributed by atoms with E-state index in [1.807, 2.05) is 6.92 Å². The molecule has 1 aromatic rings. The summed E-state index contributed by atoms with van der Waals surface area (Å²) < 4.78 is 0. The van der Waals surface area contributed by atoms with Crippen LogP contribution in [0.3, 0.4) is 0 Å². The Morgan fingerprint density at radius 2 is 2.16 bits per heavy atom. The molecule has 0 aliphatic heterocycles. The second-order valence-electron chi connectivity index (χ2n) is 4.33. The Balaban J connectivity index is 2.78. The van der Waals surface area contributed by atoms with Gasteiger partial charge in [-0.25, -0.2) is 9.78 Å². The minimum absolute atomic E-state index is 0.214. The van der Waals surface area contributed by atoms with Crippen molar-refractivity contribution in [3.63, 3.8) is 0 Å². The highest BCUT2D eigenvalue weighted by molar-refractivity contribution is 6.29. The monoisotopic (exact) mass is 284 g/mol. The average Bonchev–Trinajstić information content (AvgIpc) is 2.32. The molecule has 1 heterocycles. The summed E-state index contributed by atoms with van der Waals surface area (Å²) >= 11 is 5.77. The number of aromatic nitrogens is 1. The predicted octanol–water partition coefficient (Wildman–Crippen LogP) is 2.42. The van der Waals surface area contributed by atoms with Gasteiger partial charge in [-0.15, -0.1) is 0 Å². The molecule has 5 nitrogen and oxygen atoms in total. The lowest BCUT2D eigenvalue weighted by molar-refractivity contribution is -0.139. The zero-order chi connectivity index (χ0) is 14.4. The van der Waals surface area contributed by atoms with Crippen LogP contribution < -0.4 is 5.32 Å². The van der Waals surface area contributed by atoms with Gasteiger partial charge in [0.15, 0.2) is 0 Å². The van der Waals surface area contributed by atoms with Gasteiger partial charge in [-0.3, -0.25) is 4.79 Å². The van der Waals surface area contributed by atoms with E-state index in [-0.39, 0.29) is 5.15 Å². The number of rotatable bonds is 6. The Bertz CT molecular complexity index is 457. The van der Waals surface area contributed by atoms with E-state index in [4.69, 9.17) is 16.7 Å². The molecule has 1 atom stereocenters. The van der Waals surface area contributed by atoms with E-state index in [2.05, 4.69) is 10.3 Å². The molecule has 6 heteroatoms. The first kappa shape index (κ1) is 15.4. The van der Waals surface area contributed by atoms with Gasteiger partial charge in [0.1, 0.15) is 11.2 Å². The Hall–Kier alpha value is -1.62. The number of aliphatic carboxylic acids is 1. The van der Waals surface area contributed by atoms with Crippen molar-refractivity contribution < 1.29 is 14.7 Å². The lowest BCUT2D eigenvalue weighted by atomic mass is 10.1. The predicted molar refractivity (Wildman–Crippen MR) is 72.4 cm³/mol. The molecule has 0 spiro atoms. The van der Waals surface area contributed by atoms with Gasteiger partial charge in [-0.1, -0.05) is 31.4 Å². The van der Waals surface area contributed by atoms with Gasteiger partial charge < -0.3 is 10.4 Å². The summed E-state index contributed by atoms with van der Waals surface area (Å²) in [7, 11) is 0. The lowest BCUT2D eigenvalue weighted by Gasteiger charge is -2.14. The first-order valence-electron chi connectivity index (χ1n) is 6.12. The third-order valence-corrected chi connectivity index (χ3v) is 2.83. The van der Waals surface area contributed by atoms with E-state index in [0.717, 1.165) is 12.8 Å². The zero-order valence-corrected chi connectivity index (χ0v) is 11.7. The number of halogens is 1. The van der Waals surface area contributed by atoms with Gasteiger partial charge in [0.2, 0.25) is 0 Å². The minimum atomic E-state index is -1.03. The highest BCUT2D eigenvalue weighted by Gasteiger charge is 2.20. The number of carboxylic acid groups (broad SMARTS) is 1. The van der Waals surface area contributed by atoms with Crippen molar-refractivity contribution in [2.75, 3.05) is 0 Å². The van der Waals surface area contributed by atoms with Crippen LogP contribution in [0, 0.1) is 6.92 Å². The van der Waals surface area contributed by atoms with Crippen molar-refractivity contribution in [2.45, 2.75) is 39.2 Å². The van der Waals surface area contributed by atoms with Gasteiger partial charge >= 0.3 is 5.97 Å². The van der Waals surface area contributed by atoms with Gasteiger partial charge in [0.25, 0.3) is 5.91 Å². The summed E-state index contributed by atoms with van der Waals surface area (Å²) in [5.41, 5.74) is 0.929. The molecule has 0 aromatic carbocycles. The smallest absolute Gasteiger partial charge is 0.326 e. The fourth-order valence-corrected chi connectivity index (χ4v) is 1.92. The largest absolute Gasteiger partial charge is 0.480 e. The molecule has 0 bridgehead atoms. The van der Waals surface area contributed by atoms with Gasteiger partial charge in [0, 0.05) is 11.3 Å². The summed E-state index contributed by atoms with van der Waals surface area (Å²) in [5, 5.41) is 11.8. The SMILES string of the molecule is CCCC[C@H](NC(=O)c1cc(C)nc(Cl)c1)C(=O)O. The number of aryl methyl sites for hydroxylation is 1. The van der Waals surface area contributed by atoms with Crippen LogP contribution in [0.5, 0.6) is 0 Å². The maximum absolute atomic E-state index is 12.0. The third-order valence-electron chi connectivity index (χ3n) is 2.63. The molecular weight excluding hydrogens is 268 g/mol. The Labute approximate surface area is 117 Å². The molecule has 0 radical (unpaired) electrons. The molecule has 0 aliphatic rings. The fourth-order valence-electron chi connectivity index (χ4n) is 1.67. The fraction of sp³-hybridized carbons (Fsp3) is 0.462. The number of amides is 1. The lowest BCUT2D eigenvalue weighted by Crippen LogP contribution is -2.40. The maximum Gasteiger partial charge on any atom is 0.326 e. The number of pyridine rings is 1. The van der Waals surface area contributed by atoms with Crippen LogP contribution in [0.25, 0.3) is 0 Å². The van der Waals surface area contributed by atoms with Crippen LogP contribution >= 0.6 is 11.6 Å². The first-order chi connectivity index (χ1) is 8.93. The number of hydrogen-bond acceptors (Lipinski definition) is 3. The van der Waals surface area contributed by atoms with Crippen molar-refractivity contribution in [1.29, 1.82) is 0 Å². The van der Waals surface area contributed by atoms with Crippen LogP contribution in [-0.2, 0) is 4.79 Å². The Morgan fingerprint density at radius 3 is 2.68 bits per heavy atom. The highest BCUT2D eigenvalue weighted by atomic mass is 35.5. The van der Waals surface area contributed by atoms with E-state index in [1.54, 1.807) is 13.0 Å². The quantitative estimate of drug-likeness (QED) is 0.786. The van der Waals surface area contributed by atoms with Crippen molar-refractivity contribution in [2.24, 2.45) is 0 Å². The summed E-state index contributed by atoms with van der Waals surface area (Å²) in [6, 6.07) is 2.11. The van der Waals surface area contributed by atoms with Crippen LogP contribution in [0.1, 0.15) is 42.2 Å². The van der Waals surface area contributed by atoms with E-state index >= 15 is 0 Å². The topological polar surface area (TPSA) is 79.3 Å². The Kier molecular flexibility index (Phi) is 5.76. The summed E-state index contributed by atoms with van der Waals surface area (Å²) in [6.07, 6.45) is 2.03. The Morgan fingerprint density at radius 1 is 1.47 bits per heavy atom. The van der Waals surface area contributed by atoms with Crippen LogP contribution in [0.15, 0.2) is 12.1 Å². The summed E-state index contributed by atoms with van der Waals surface area (Å²) in [5.74, 6) is -1.48. The normalized spacial score (nSPS) is 11.9. The van der Waals surface area contributed by atoms with Gasteiger partial charge in [0.05, 0.1) is 0 Å². The molecular formula is C13H17ClN2O3. The van der Waals surface area contributed by atoms with Crippen LogP contribution in [-0.4, -0.2) is 28.0 Å². The molecule has 0 aliphatic carbocycles. The number of carboxylic acids is 1. The molecule has 2 N–H and O–H groups in total. The third kappa shape index (κ3) is 4.87. The van der Waals surface area contributed by atoms with Gasteiger partial charge in [-0.05, 0) is 25.5 Å². The van der Waals surface area contributed by atoms with Crippen LogP contribution in [0.2, 0.25) is 5.15 Å².